The Balaban J connectivity index is 1.70. The van der Waals surface area contributed by atoms with E-state index in [1.165, 1.54) is 23.5 Å². The van der Waals surface area contributed by atoms with Crippen molar-refractivity contribution in [3.63, 3.8) is 0 Å². The molecule has 0 spiro atoms. The van der Waals surface area contributed by atoms with E-state index in [4.69, 9.17) is 4.74 Å². The van der Waals surface area contributed by atoms with Crippen molar-refractivity contribution in [2.24, 2.45) is 0 Å². The average molecular weight is 408 g/mol. The van der Waals surface area contributed by atoms with Gasteiger partial charge >= 0.3 is 6.18 Å². The maximum atomic E-state index is 12.8. The maximum absolute atomic E-state index is 12.8. The lowest BCUT2D eigenvalue weighted by atomic mass is 10.1. The lowest BCUT2D eigenvalue weighted by Gasteiger charge is -2.23. The molecule has 1 fully saturated rings. The smallest absolute Gasteiger partial charge is 0.381 e. The zero-order valence-electron chi connectivity index (χ0n) is 15.1. The highest BCUT2D eigenvalue weighted by molar-refractivity contribution is 7.22. The van der Waals surface area contributed by atoms with Gasteiger partial charge in [-0.2, -0.15) is 18.2 Å². The molecule has 28 heavy (non-hydrogen) atoms. The van der Waals surface area contributed by atoms with E-state index in [0.717, 1.165) is 51.4 Å². The van der Waals surface area contributed by atoms with Crippen LogP contribution in [0, 0.1) is 0 Å². The molecule has 2 aromatic heterocycles. The standard InChI is InChI=1S/C19H19F3N4OS/c1-23-18-25-14-10-15(11-2-4-12(5-3-11)19(20,21)22)28-16(14)17(26-18)24-13-6-8-27-9-7-13/h2-5,10,13H,6-9H2,1H3,(H2,23,24,25,26). The number of rotatable bonds is 4. The summed E-state index contributed by atoms with van der Waals surface area (Å²) in [7, 11) is 1.75. The molecule has 148 valence electrons. The predicted octanol–water partition coefficient (Wildman–Crippen LogP) is 5.01. The quantitative estimate of drug-likeness (QED) is 0.636. The van der Waals surface area contributed by atoms with E-state index in [2.05, 4.69) is 20.6 Å². The van der Waals surface area contributed by atoms with Gasteiger partial charge in [-0.25, -0.2) is 4.98 Å². The highest BCUT2D eigenvalue weighted by Crippen LogP contribution is 2.38. The van der Waals surface area contributed by atoms with Gasteiger partial charge in [-0.1, -0.05) is 12.1 Å². The molecule has 3 aromatic rings. The summed E-state index contributed by atoms with van der Waals surface area (Å²) in [4.78, 5) is 9.90. The van der Waals surface area contributed by atoms with Crippen LogP contribution in [0.25, 0.3) is 20.7 Å². The highest BCUT2D eigenvalue weighted by atomic mass is 32.1. The second-order valence-electron chi connectivity index (χ2n) is 6.58. The first-order valence-corrected chi connectivity index (χ1v) is 9.77. The Labute approximate surface area is 164 Å². The van der Waals surface area contributed by atoms with Gasteiger partial charge in [0.25, 0.3) is 0 Å². The lowest BCUT2D eigenvalue weighted by molar-refractivity contribution is -0.137. The first-order valence-electron chi connectivity index (χ1n) is 8.95. The minimum absolute atomic E-state index is 0.271. The Morgan fingerprint density at radius 1 is 1.11 bits per heavy atom. The van der Waals surface area contributed by atoms with Crippen molar-refractivity contribution in [2.45, 2.75) is 25.1 Å². The number of hydrogen-bond acceptors (Lipinski definition) is 6. The molecule has 0 radical (unpaired) electrons. The van der Waals surface area contributed by atoms with Crippen molar-refractivity contribution in [1.82, 2.24) is 9.97 Å². The number of hydrogen-bond donors (Lipinski definition) is 2. The van der Waals surface area contributed by atoms with Gasteiger partial charge in [0.2, 0.25) is 5.95 Å². The Hall–Kier alpha value is -2.39. The molecule has 4 rings (SSSR count). The predicted molar refractivity (Wildman–Crippen MR) is 105 cm³/mol. The molecular formula is C19H19F3N4OS. The van der Waals surface area contributed by atoms with Crippen molar-refractivity contribution < 1.29 is 17.9 Å². The summed E-state index contributed by atoms with van der Waals surface area (Å²) in [6, 6.07) is 7.35. The van der Waals surface area contributed by atoms with Crippen molar-refractivity contribution in [3.8, 4) is 10.4 Å². The molecule has 1 saturated heterocycles. The minimum atomic E-state index is -4.34. The Bertz CT molecular complexity index is 966. The van der Waals surface area contributed by atoms with Crippen LogP contribution < -0.4 is 10.6 Å². The molecule has 0 bridgehead atoms. The number of aromatic nitrogens is 2. The van der Waals surface area contributed by atoms with E-state index in [-0.39, 0.29) is 6.04 Å². The molecule has 0 atom stereocenters. The monoisotopic (exact) mass is 408 g/mol. The van der Waals surface area contributed by atoms with E-state index in [0.29, 0.717) is 19.2 Å². The second kappa shape index (κ2) is 7.56. The molecule has 0 saturated carbocycles. The van der Waals surface area contributed by atoms with Gasteiger partial charge in [0.15, 0.2) is 0 Å². The van der Waals surface area contributed by atoms with Gasteiger partial charge in [0.05, 0.1) is 15.8 Å². The summed E-state index contributed by atoms with van der Waals surface area (Å²) >= 11 is 1.47. The lowest BCUT2D eigenvalue weighted by Crippen LogP contribution is -2.28. The Morgan fingerprint density at radius 3 is 2.46 bits per heavy atom. The fraction of sp³-hybridized carbons (Fsp3) is 0.368. The van der Waals surface area contributed by atoms with Crippen LogP contribution in [0.3, 0.4) is 0 Å². The molecule has 0 unspecified atom stereocenters. The normalized spacial score (nSPS) is 15.7. The summed E-state index contributed by atoms with van der Waals surface area (Å²) in [6.45, 7) is 1.43. The van der Waals surface area contributed by atoms with E-state index in [1.54, 1.807) is 7.05 Å². The zero-order chi connectivity index (χ0) is 19.7. The summed E-state index contributed by atoms with van der Waals surface area (Å²) in [5.74, 6) is 1.24. The molecule has 0 aliphatic carbocycles. The van der Waals surface area contributed by atoms with Gasteiger partial charge in [-0.3, -0.25) is 0 Å². The molecule has 1 aromatic carbocycles. The number of nitrogens with zero attached hydrogens (tertiary/aromatic N) is 2. The van der Waals surface area contributed by atoms with Crippen molar-refractivity contribution in [2.75, 3.05) is 30.9 Å². The summed E-state index contributed by atoms with van der Waals surface area (Å²) in [5, 5.41) is 6.45. The first kappa shape index (κ1) is 18.9. The fourth-order valence-electron chi connectivity index (χ4n) is 3.14. The van der Waals surface area contributed by atoms with Crippen LogP contribution in [0.4, 0.5) is 24.9 Å². The van der Waals surface area contributed by atoms with Gasteiger partial charge in [0.1, 0.15) is 5.82 Å². The van der Waals surface area contributed by atoms with Crippen molar-refractivity contribution >= 4 is 33.3 Å². The second-order valence-corrected chi connectivity index (χ2v) is 7.63. The number of alkyl halides is 3. The van der Waals surface area contributed by atoms with Crippen LogP contribution in [0.2, 0.25) is 0 Å². The molecule has 5 nitrogen and oxygen atoms in total. The van der Waals surface area contributed by atoms with Crippen LogP contribution in [0.15, 0.2) is 30.3 Å². The van der Waals surface area contributed by atoms with Gasteiger partial charge in [-0.05, 0) is 36.6 Å². The first-order chi connectivity index (χ1) is 13.4. The van der Waals surface area contributed by atoms with E-state index < -0.39 is 11.7 Å². The number of fused-ring (bicyclic) bond motifs is 1. The summed E-state index contributed by atoms with van der Waals surface area (Å²) in [5.41, 5.74) is 0.823. The van der Waals surface area contributed by atoms with Crippen molar-refractivity contribution in [3.05, 3.63) is 35.9 Å². The number of benzene rings is 1. The number of halogens is 3. The van der Waals surface area contributed by atoms with Crippen LogP contribution in [0.1, 0.15) is 18.4 Å². The Kier molecular flexibility index (Phi) is 5.11. The molecule has 1 aliphatic heterocycles. The molecule has 1 aliphatic rings. The average Bonchev–Trinajstić information content (AvgIpc) is 3.12. The number of ether oxygens (including phenoxy) is 1. The van der Waals surface area contributed by atoms with E-state index in [9.17, 15) is 13.2 Å². The van der Waals surface area contributed by atoms with Crippen LogP contribution in [-0.2, 0) is 10.9 Å². The van der Waals surface area contributed by atoms with Crippen LogP contribution >= 0.6 is 11.3 Å². The third kappa shape index (κ3) is 3.90. The van der Waals surface area contributed by atoms with Crippen LogP contribution in [0.5, 0.6) is 0 Å². The largest absolute Gasteiger partial charge is 0.416 e. The van der Waals surface area contributed by atoms with E-state index >= 15 is 0 Å². The topological polar surface area (TPSA) is 59.1 Å². The molecule has 0 amide bonds. The van der Waals surface area contributed by atoms with Gasteiger partial charge < -0.3 is 15.4 Å². The maximum Gasteiger partial charge on any atom is 0.416 e. The molecule has 2 N–H and O–H groups in total. The highest BCUT2D eigenvalue weighted by Gasteiger charge is 2.30. The third-order valence-electron chi connectivity index (χ3n) is 4.65. The zero-order valence-corrected chi connectivity index (χ0v) is 16.0. The SMILES string of the molecule is CNc1nc(NC2CCOCC2)c2sc(-c3ccc(C(F)(F)F)cc3)cc2n1. The number of nitrogens with one attached hydrogen (secondary N) is 2. The molecule has 3 heterocycles. The van der Waals surface area contributed by atoms with Gasteiger partial charge in [-0.15, -0.1) is 11.3 Å². The van der Waals surface area contributed by atoms with Crippen LogP contribution in [-0.4, -0.2) is 36.3 Å². The molecular weight excluding hydrogens is 389 g/mol. The fourth-order valence-corrected chi connectivity index (χ4v) is 4.20. The Morgan fingerprint density at radius 2 is 1.82 bits per heavy atom. The third-order valence-corrected chi connectivity index (χ3v) is 5.83. The molecule has 9 heteroatoms. The minimum Gasteiger partial charge on any atom is -0.381 e. The van der Waals surface area contributed by atoms with Gasteiger partial charge in [0, 0.05) is 31.2 Å². The summed E-state index contributed by atoms with van der Waals surface area (Å²) in [6.07, 6.45) is -2.54. The van der Waals surface area contributed by atoms with E-state index in [1.807, 2.05) is 6.07 Å². The number of thiophene rings is 1. The number of anilines is 2. The summed E-state index contributed by atoms with van der Waals surface area (Å²) < 4.78 is 44.7. The van der Waals surface area contributed by atoms with Crippen molar-refractivity contribution in [1.29, 1.82) is 0 Å².